The normalized spacial score (nSPS) is 25.6. The van der Waals surface area contributed by atoms with E-state index >= 15 is 0 Å². The van der Waals surface area contributed by atoms with Crippen LogP contribution in [-0.4, -0.2) is 49.7 Å². The smallest absolute Gasteiger partial charge is 0.326 e. The van der Waals surface area contributed by atoms with Gasteiger partial charge in [0.15, 0.2) is 0 Å². The second-order valence-corrected chi connectivity index (χ2v) is 6.80. The van der Waals surface area contributed by atoms with E-state index in [1.165, 1.54) is 25.7 Å². The Morgan fingerprint density at radius 2 is 1.95 bits per heavy atom. The zero-order chi connectivity index (χ0) is 15.9. The molecule has 0 amide bonds. The van der Waals surface area contributed by atoms with Gasteiger partial charge in [0.25, 0.3) is 0 Å². The highest BCUT2D eigenvalue weighted by molar-refractivity contribution is 5.80. The van der Waals surface area contributed by atoms with Crippen molar-refractivity contribution in [1.82, 2.24) is 10.2 Å². The van der Waals surface area contributed by atoms with E-state index < -0.39 is 5.54 Å². The number of nitrogens with one attached hydrogen (secondary N) is 1. The van der Waals surface area contributed by atoms with Crippen molar-refractivity contribution in [2.75, 3.05) is 27.2 Å². The number of rotatable bonds is 8. The molecule has 4 nitrogen and oxygen atoms in total. The average Bonchev–Trinajstić information content (AvgIpc) is 2.47. The van der Waals surface area contributed by atoms with Crippen molar-refractivity contribution in [3.63, 3.8) is 0 Å². The molecule has 0 radical (unpaired) electrons. The van der Waals surface area contributed by atoms with Crippen molar-refractivity contribution in [1.29, 1.82) is 0 Å². The van der Waals surface area contributed by atoms with Gasteiger partial charge in [0.2, 0.25) is 0 Å². The Balaban J connectivity index is 2.35. The number of carbonyl (C=O) groups excluding carboxylic acids is 1. The average molecular weight is 298 g/mol. The molecule has 1 unspecified atom stereocenters. The molecule has 0 bridgehead atoms. The fraction of sp³-hybridized carbons (Fsp3) is 0.941. The van der Waals surface area contributed by atoms with Crippen molar-refractivity contribution < 1.29 is 9.53 Å². The summed E-state index contributed by atoms with van der Waals surface area (Å²) in [6.07, 6.45) is 7.17. The molecule has 1 rings (SSSR count). The summed E-state index contributed by atoms with van der Waals surface area (Å²) in [6, 6.07) is 0.727. The summed E-state index contributed by atoms with van der Waals surface area (Å²) in [5.74, 6) is 0.757. The molecule has 4 heteroatoms. The van der Waals surface area contributed by atoms with E-state index in [2.05, 4.69) is 24.2 Å². The molecule has 1 aliphatic rings. The van der Waals surface area contributed by atoms with Gasteiger partial charge >= 0.3 is 5.97 Å². The van der Waals surface area contributed by atoms with Gasteiger partial charge in [-0.05, 0) is 78.9 Å². The number of carbonyl (C=O) groups is 1. The Kier molecular flexibility index (Phi) is 7.67. The highest BCUT2D eigenvalue weighted by Gasteiger charge is 2.32. The van der Waals surface area contributed by atoms with Crippen molar-refractivity contribution in [2.45, 2.75) is 70.9 Å². The highest BCUT2D eigenvalue weighted by Crippen LogP contribution is 2.26. The quantitative estimate of drug-likeness (QED) is 0.700. The first-order valence-electron chi connectivity index (χ1n) is 8.49. The van der Waals surface area contributed by atoms with E-state index in [0.717, 1.165) is 31.3 Å². The number of nitrogens with zero attached hydrogens (tertiary/aromatic N) is 1. The van der Waals surface area contributed by atoms with Crippen LogP contribution in [0.15, 0.2) is 0 Å². The minimum absolute atomic E-state index is 0.137. The molecular weight excluding hydrogens is 264 g/mol. The molecule has 1 aliphatic carbocycles. The summed E-state index contributed by atoms with van der Waals surface area (Å²) in [6.45, 7) is 7.64. The number of hydrogen-bond acceptors (Lipinski definition) is 4. The fourth-order valence-corrected chi connectivity index (χ4v) is 3.17. The minimum Gasteiger partial charge on any atom is -0.465 e. The fourth-order valence-electron chi connectivity index (χ4n) is 3.17. The maximum atomic E-state index is 12.0. The predicted molar refractivity (Wildman–Crippen MR) is 87.4 cm³/mol. The zero-order valence-electron chi connectivity index (χ0n) is 14.6. The van der Waals surface area contributed by atoms with Crippen LogP contribution in [0.2, 0.25) is 0 Å². The second-order valence-electron chi connectivity index (χ2n) is 6.80. The monoisotopic (exact) mass is 298 g/mol. The van der Waals surface area contributed by atoms with Gasteiger partial charge in [0.05, 0.1) is 6.61 Å². The van der Waals surface area contributed by atoms with Gasteiger partial charge in [-0.15, -0.1) is 0 Å². The number of hydrogen-bond donors (Lipinski definition) is 1. The Bertz CT molecular complexity index is 314. The van der Waals surface area contributed by atoms with Crippen molar-refractivity contribution in [2.24, 2.45) is 5.92 Å². The molecule has 21 heavy (non-hydrogen) atoms. The summed E-state index contributed by atoms with van der Waals surface area (Å²) in [5, 5.41) is 3.13. The minimum atomic E-state index is -0.558. The van der Waals surface area contributed by atoms with Crippen LogP contribution in [-0.2, 0) is 9.53 Å². The van der Waals surface area contributed by atoms with E-state index in [1.807, 2.05) is 20.9 Å². The van der Waals surface area contributed by atoms with E-state index in [1.54, 1.807) is 0 Å². The molecule has 0 aromatic heterocycles. The van der Waals surface area contributed by atoms with E-state index in [0.29, 0.717) is 6.61 Å². The molecule has 0 saturated heterocycles. The molecule has 0 aromatic carbocycles. The molecule has 1 fully saturated rings. The first-order chi connectivity index (χ1) is 9.92. The molecule has 0 heterocycles. The zero-order valence-corrected chi connectivity index (χ0v) is 14.6. The largest absolute Gasteiger partial charge is 0.465 e. The van der Waals surface area contributed by atoms with Gasteiger partial charge in [-0.2, -0.15) is 0 Å². The standard InChI is InChI=1S/C17H34N2O2/c1-6-21-16(20)17(3,18-4)12-7-13-19(5)15-10-8-14(2)9-11-15/h14-15,18H,6-13H2,1-5H3. The second kappa shape index (κ2) is 8.74. The van der Waals surface area contributed by atoms with Gasteiger partial charge in [-0.1, -0.05) is 6.92 Å². The van der Waals surface area contributed by atoms with Crippen molar-refractivity contribution in [3.8, 4) is 0 Å². The Morgan fingerprint density at radius 3 is 2.48 bits per heavy atom. The van der Waals surface area contributed by atoms with Crippen LogP contribution in [0.1, 0.15) is 59.3 Å². The van der Waals surface area contributed by atoms with Gasteiger partial charge in [0, 0.05) is 6.04 Å². The first kappa shape index (κ1) is 18.4. The number of esters is 1. The Labute approximate surface area is 130 Å². The lowest BCUT2D eigenvalue weighted by Crippen LogP contribution is -2.49. The molecule has 0 spiro atoms. The third-order valence-corrected chi connectivity index (χ3v) is 5.07. The lowest BCUT2D eigenvalue weighted by Gasteiger charge is -2.34. The van der Waals surface area contributed by atoms with Gasteiger partial charge in [-0.3, -0.25) is 4.79 Å². The van der Waals surface area contributed by atoms with E-state index in [4.69, 9.17) is 4.74 Å². The predicted octanol–water partition coefficient (Wildman–Crippen LogP) is 2.82. The molecule has 1 N–H and O–H groups in total. The van der Waals surface area contributed by atoms with Crippen molar-refractivity contribution in [3.05, 3.63) is 0 Å². The van der Waals surface area contributed by atoms with Crippen LogP contribution >= 0.6 is 0 Å². The Morgan fingerprint density at radius 1 is 1.33 bits per heavy atom. The van der Waals surface area contributed by atoms with Gasteiger partial charge in [0.1, 0.15) is 5.54 Å². The summed E-state index contributed by atoms with van der Waals surface area (Å²) >= 11 is 0. The van der Waals surface area contributed by atoms with Crippen LogP contribution in [0.5, 0.6) is 0 Å². The number of ether oxygens (including phenoxy) is 1. The summed E-state index contributed by atoms with van der Waals surface area (Å²) in [7, 11) is 4.06. The summed E-state index contributed by atoms with van der Waals surface area (Å²) in [4.78, 5) is 14.5. The van der Waals surface area contributed by atoms with Crippen LogP contribution in [0.25, 0.3) is 0 Å². The first-order valence-corrected chi connectivity index (χ1v) is 8.49. The van der Waals surface area contributed by atoms with Gasteiger partial charge in [-0.25, -0.2) is 0 Å². The maximum Gasteiger partial charge on any atom is 0.326 e. The van der Waals surface area contributed by atoms with E-state index in [9.17, 15) is 4.79 Å². The molecule has 1 saturated carbocycles. The SMILES string of the molecule is CCOC(=O)C(C)(CCCN(C)C1CCC(C)CC1)NC. The van der Waals surface area contributed by atoms with E-state index in [-0.39, 0.29) is 5.97 Å². The highest BCUT2D eigenvalue weighted by atomic mass is 16.5. The third-order valence-electron chi connectivity index (χ3n) is 5.07. The van der Waals surface area contributed by atoms with Gasteiger partial charge < -0.3 is 15.0 Å². The lowest BCUT2D eigenvalue weighted by atomic mass is 9.86. The Hall–Kier alpha value is -0.610. The maximum absolute atomic E-state index is 12.0. The van der Waals surface area contributed by atoms with Crippen LogP contribution in [0, 0.1) is 5.92 Å². The molecule has 1 atom stereocenters. The number of likely N-dealkylation sites (N-methyl/N-ethyl adjacent to an activating group) is 1. The molecule has 0 aliphatic heterocycles. The molecular formula is C17H34N2O2. The summed E-state index contributed by atoms with van der Waals surface area (Å²) in [5.41, 5.74) is -0.558. The van der Waals surface area contributed by atoms with Crippen LogP contribution < -0.4 is 5.32 Å². The summed E-state index contributed by atoms with van der Waals surface area (Å²) < 4.78 is 5.17. The lowest BCUT2D eigenvalue weighted by molar-refractivity contribution is -0.150. The van der Waals surface area contributed by atoms with Crippen LogP contribution in [0.3, 0.4) is 0 Å². The molecule has 124 valence electrons. The molecule has 0 aromatic rings. The van der Waals surface area contributed by atoms with Crippen molar-refractivity contribution >= 4 is 5.97 Å². The van der Waals surface area contributed by atoms with Crippen LogP contribution in [0.4, 0.5) is 0 Å². The topological polar surface area (TPSA) is 41.6 Å². The third kappa shape index (κ3) is 5.59.